The van der Waals surface area contributed by atoms with Crippen molar-refractivity contribution >= 4 is 0 Å². The topological polar surface area (TPSA) is 33.5 Å². The first-order valence-corrected chi connectivity index (χ1v) is 8.26. The largest absolute Gasteiger partial charge is 0.379 e. The molecule has 1 saturated heterocycles. The number of piperazine rings is 1. The van der Waals surface area contributed by atoms with Gasteiger partial charge in [0.1, 0.15) is 0 Å². The molecule has 5 nitrogen and oxygen atoms in total. The lowest BCUT2D eigenvalue weighted by Crippen LogP contribution is -2.47. The van der Waals surface area contributed by atoms with E-state index in [9.17, 15) is 0 Å². The lowest BCUT2D eigenvalue weighted by Gasteiger charge is -2.34. The summed E-state index contributed by atoms with van der Waals surface area (Å²) in [6.45, 7) is 13.3. The van der Waals surface area contributed by atoms with Crippen LogP contribution in [0.2, 0.25) is 0 Å². The molecule has 0 aliphatic carbocycles. The van der Waals surface area contributed by atoms with E-state index in [2.05, 4.69) is 33.2 Å². The minimum Gasteiger partial charge on any atom is -0.379 e. The SMILES string of the molecule is CC(C)OCCCCN1CCN(CCn2ccnc2)CC1. The Morgan fingerprint density at radius 2 is 1.71 bits per heavy atom. The predicted octanol–water partition coefficient (Wildman–Crippen LogP) is 1.71. The number of imidazole rings is 1. The quantitative estimate of drug-likeness (QED) is 0.649. The zero-order chi connectivity index (χ0) is 14.9. The monoisotopic (exact) mass is 294 g/mol. The van der Waals surface area contributed by atoms with E-state index in [1.54, 1.807) is 0 Å². The third-order valence-electron chi connectivity index (χ3n) is 4.02. The maximum absolute atomic E-state index is 5.58. The van der Waals surface area contributed by atoms with E-state index in [-0.39, 0.29) is 0 Å². The zero-order valence-corrected chi connectivity index (χ0v) is 13.6. The van der Waals surface area contributed by atoms with Crippen molar-refractivity contribution in [3.05, 3.63) is 18.7 Å². The highest BCUT2D eigenvalue weighted by molar-refractivity contribution is 4.76. The molecule has 2 heterocycles. The van der Waals surface area contributed by atoms with Gasteiger partial charge in [0.05, 0.1) is 12.4 Å². The molecule has 0 bridgehead atoms. The van der Waals surface area contributed by atoms with E-state index in [4.69, 9.17) is 4.74 Å². The standard InChI is InChI=1S/C16H30N4O/c1-16(2)21-14-4-3-6-18-8-10-19(11-9-18)12-13-20-7-5-17-15-20/h5,7,15-16H,3-4,6,8-14H2,1-2H3. The first-order valence-electron chi connectivity index (χ1n) is 8.26. The first-order chi connectivity index (χ1) is 10.2. The Balaban J connectivity index is 1.50. The third kappa shape index (κ3) is 6.59. The van der Waals surface area contributed by atoms with Gasteiger partial charge >= 0.3 is 0 Å². The van der Waals surface area contributed by atoms with Crippen LogP contribution in [0.3, 0.4) is 0 Å². The Morgan fingerprint density at radius 3 is 2.33 bits per heavy atom. The van der Waals surface area contributed by atoms with E-state index in [1.807, 2.05) is 18.7 Å². The van der Waals surface area contributed by atoms with Crippen LogP contribution in [0, 0.1) is 0 Å². The summed E-state index contributed by atoms with van der Waals surface area (Å²) in [6, 6.07) is 0. The number of aromatic nitrogens is 2. The summed E-state index contributed by atoms with van der Waals surface area (Å²) in [6.07, 6.45) is 8.58. The summed E-state index contributed by atoms with van der Waals surface area (Å²) in [7, 11) is 0. The molecule has 0 amide bonds. The second-order valence-electron chi connectivity index (χ2n) is 6.11. The number of unbranched alkanes of at least 4 members (excludes halogenated alkanes) is 1. The van der Waals surface area contributed by atoms with Crippen molar-refractivity contribution in [1.82, 2.24) is 19.4 Å². The fraction of sp³-hybridized carbons (Fsp3) is 0.812. The van der Waals surface area contributed by atoms with Crippen LogP contribution in [-0.4, -0.2) is 71.3 Å². The fourth-order valence-corrected chi connectivity index (χ4v) is 2.67. The van der Waals surface area contributed by atoms with Gasteiger partial charge in [-0.2, -0.15) is 0 Å². The number of ether oxygens (including phenoxy) is 1. The third-order valence-corrected chi connectivity index (χ3v) is 4.02. The minimum atomic E-state index is 0.365. The molecule has 21 heavy (non-hydrogen) atoms. The molecule has 1 aromatic rings. The average molecular weight is 294 g/mol. The molecule has 0 unspecified atom stereocenters. The van der Waals surface area contributed by atoms with E-state index < -0.39 is 0 Å². The van der Waals surface area contributed by atoms with Crippen molar-refractivity contribution in [1.29, 1.82) is 0 Å². The number of rotatable bonds is 9. The molecule has 0 N–H and O–H groups in total. The highest BCUT2D eigenvalue weighted by Gasteiger charge is 2.15. The number of nitrogens with zero attached hydrogens (tertiary/aromatic N) is 4. The Hall–Kier alpha value is -0.910. The molecule has 120 valence electrons. The van der Waals surface area contributed by atoms with Crippen molar-refractivity contribution in [2.24, 2.45) is 0 Å². The van der Waals surface area contributed by atoms with Gasteiger partial charge in [0.2, 0.25) is 0 Å². The van der Waals surface area contributed by atoms with Crippen molar-refractivity contribution in [2.45, 2.75) is 39.3 Å². The van der Waals surface area contributed by atoms with Crippen molar-refractivity contribution in [2.75, 3.05) is 45.9 Å². The first kappa shape index (κ1) is 16.5. The van der Waals surface area contributed by atoms with E-state index >= 15 is 0 Å². The molecule has 0 atom stereocenters. The van der Waals surface area contributed by atoms with Gasteiger partial charge in [0.15, 0.2) is 0 Å². The minimum absolute atomic E-state index is 0.365. The molecule has 0 saturated carbocycles. The summed E-state index contributed by atoms with van der Waals surface area (Å²) in [4.78, 5) is 9.22. The van der Waals surface area contributed by atoms with Gasteiger partial charge in [-0.3, -0.25) is 4.90 Å². The summed E-state index contributed by atoms with van der Waals surface area (Å²) in [5, 5.41) is 0. The van der Waals surface area contributed by atoms with Crippen LogP contribution in [0.5, 0.6) is 0 Å². The second-order valence-corrected chi connectivity index (χ2v) is 6.11. The van der Waals surface area contributed by atoms with E-state index in [0.717, 1.165) is 19.7 Å². The Bertz CT molecular complexity index is 358. The van der Waals surface area contributed by atoms with Crippen molar-refractivity contribution in [3.63, 3.8) is 0 Å². The molecular formula is C16H30N4O. The zero-order valence-electron chi connectivity index (χ0n) is 13.6. The van der Waals surface area contributed by atoms with Gasteiger partial charge < -0.3 is 14.2 Å². The van der Waals surface area contributed by atoms with Gasteiger partial charge in [0.25, 0.3) is 0 Å². The van der Waals surface area contributed by atoms with Gasteiger partial charge in [-0.1, -0.05) is 0 Å². The highest BCUT2D eigenvalue weighted by atomic mass is 16.5. The lowest BCUT2D eigenvalue weighted by molar-refractivity contribution is 0.0716. The molecule has 1 aromatic heterocycles. The number of hydrogen-bond donors (Lipinski definition) is 0. The lowest BCUT2D eigenvalue weighted by atomic mass is 10.2. The van der Waals surface area contributed by atoms with Gasteiger partial charge in [-0.15, -0.1) is 0 Å². The van der Waals surface area contributed by atoms with Crippen LogP contribution in [0.15, 0.2) is 18.7 Å². The molecule has 2 rings (SSSR count). The van der Waals surface area contributed by atoms with Crippen LogP contribution < -0.4 is 0 Å². The fourth-order valence-electron chi connectivity index (χ4n) is 2.67. The van der Waals surface area contributed by atoms with Crippen LogP contribution in [-0.2, 0) is 11.3 Å². The molecular weight excluding hydrogens is 264 g/mol. The van der Waals surface area contributed by atoms with Crippen LogP contribution in [0.4, 0.5) is 0 Å². The Labute approximate surface area is 128 Å². The highest BCUT2D eigenvalue weighted by Crippen LogP contribution is 2.04. The predicted molar refractivity (Wildman–Crippen MR) is 85.4 cm³/mol. The molecule has 1 aliphatic rings. The summed E-state index contributed by atoms with van der Waals surface area (Å²) in [5.74, 6) is 0. The molecule has 0 spiro atoms. The molecule has 0 radical (unpaired) electrons. The van der Waals surface area contributed by atoms with Crippen molar-refractivity contribution in [3.8, 4) is 0 Å². The average Bonchev–Trinajstić information content (AvgIpc) is 2.99. The maximum Gasteiger partial charge on any atom is 0.0946 e. The Kier molecular flexibility index (Phi) is 7.19. The van der Waals surface area contributed by atoms with Crippen LogP contribution in [0.1, 0.15) is 26.7 Å². The summed E-state index contributed by atoms with van der Waals surface area (Å²) < 4.78 is 7.74. The molecule has 5 heteroatoms. The van der Waals surface area contributed by atoms with Crippen molar-refractivity contribution < 1.29 is 4.74 Å². The Morgan fingerprint density at radius 1 is 1.00 bits per heavy atom. The maximum atomic E-state index is 5.58. The number of hydrogen-bond acceptors (Lipinski definition) is 4. The smallest absolute Gasteiger partial charge is 0.0946 e. The van der Waals surface area contributed by atoms with Gasteiger partial charge in [0, 0.05) is 58.3 Å². The van der Waals surface area contributed by atoms with E-state index in [0.29, 0.717) is 6.10 Å². The second kappa shape index (κ2) is 9.18. The normalized spacial score (nSPS) is 17.7. The van der Waals surface area contributed by atoms with Gasteiger partial charge in [-0.05, 0) is 33.2 Å². The summed E-state index contributed by atoms with van der Waals surface area (Å²) >= 11 is 0. The van der Waals surface area contributed by atoms with Crippen LogP contribution >= 0.6 is 0 Å². The van der Waals surface area contributed by atoms with Gasteiger partial charge in [-0.25, -0.2) is 4.98 Å². The summed E-state index contributed by atoms with van der Waals surface area (Å²) in [5.41, 5.74) is 0. The molecule has 1 fully saturated rings. The van der Waals surface area contributed by atoms with E-state index in [1.165, 1.54) is 45.6 Å². The molecule has 0 aromatic carbocycles. The molecule has 1 aliphatic heterocycles. The van der Waals surface area contributed by atoms with Crippen LogP contribution in [0.25, 0.3) is 0 Å².